The number of benzene rings is 1. The highest BCUT2D eigenvalue weighted by molar-refractivity contribution is 5.84. The predicted molar refractivity (Wildman–Crippen MR) is 108 cm³/mol. The van der Waals surface area contributed by atoms with Crippen LogP contribution in [0, 0.1) is 5.92 Å². The summed E-state index contributed by atoms with van der Waals surface area (Å²) in [7, 11) is 0. The van der Waals surface area contributed by atoms with Crippen molar-refractivity contribution in [3.8, 4) is 5.75 Å². The van der Waals surface area contributed by atoms with E-state index in [-0.39, 0.29) is 36.3 Å². The number of nitrogens with zero attached hydrogens (tertiary/aromatic N) is 1. The van der Waals surface area contributed by atoms with Crippen LogP contribution < -0.4 is 11.1 Å². The summed E-state index contributed by atoms with van der Waals surface area (Å²) in [5, 5.41) is 21.4. The molecule has 3 atom stereocenters. The number of aromatic hydroxyl groups is 1. The number of carboxylic acid groups (broad SMARTS) is 1. The molecule has 0 bridgehead atoms. The average molecular weight is 405 g/mol. The van der Waals surface area contributed by atoms with E-state index in [2.05, 4.69) is 24.1 Å². The zero-order valence-corrected chi connectivity index (χ0v) is 17.1. The van der Waals surface area contributed by atoms with Gasteiger partial charge in [0, 0.05) is 25.9 Å². The third-order valence-electron chi connectivity index (χ3n) is 6.04. The predicted octanol–water partition coefficient (Wildman–Crippen LogP) is 1.22. The fourth-order valence-corrected chi connectivity index (χ4v) is 3.88. The zero-order valence-electron chi connectivity index (χ0n) is 17.1. The molecule has 1 fully saturated rings. The standard InChI is InChI=1S/C21H31N3O5/c1-14-13-24(11-9-21(14,2)15-4-3-5-16(25)12-15)10-8-19(27)23-17(20(28)29)6-7-18(22)26/h3-5,12,14,17,25H,6-11,13H2,1-2H3,(H2,22,26)(H,23,27)(H,28,29)/t14-,17-,21+/m0/s1. The van der Waals surface area contributed by atoms with Crippen LogP contribution in [-0.2, 0) is 19.8 Å². The van der Waals surface area contributed by atoms with Crippen LogP contribution >= 0.6 is 0 Å². The Morgan fingerprint density at radius 3 is 2.66 bits per heavy atom. The minimum Gasteiger partial charge on any atom is -0.508 e. The summed E-state index contributed by atoms with van der Waals surface area (Å²) in [6.07, 6.45) is 0.986. The van der Waals surface area contributed by atoms with E-state index in [0.717, 1.165) is 25.1 Å². The second-order valence-corrected chi connectivity index (χ2v) is 8.13. The second-order valence-electron chi connectivity index (χ2n) is 8.13. The fraction of sp³-hybridized carbons (Fsp3) is 0.571. The lowest BCUT2D eigenvalue weighted by Gasteiger charge is -2.45. The van der Waals surface area contributed by atoms with E-state index in [4.69, 9.17) is 5.73 Å². The van der Waals surface area contributed by atoms with Crippen molar-refractivity contribution in [1.29, 1.82) is 0 Å². The molecule has 1 heterocycles. The lowest BCUT2D eigenvalue weighted by Crippen LogP contribution is -2.48. The molecular weight excluding hydrogens is 374 g/mol. The average Bonchev–Trinajstić information content (AvgIpc) is 2.65. The van der Waals surface area contributed by atoms with Crippen LogP contribution in [0.1, 0.15) is 45.1 Å². The summed E-state index contributed by atoms with van der Waals surface area (Å²) in [6, 6.07) is 6.27. The molecular formula is C21H31N3O5. The van der Waals surface area contributed by atoms with Crippen LogP contribution in [0.3, 0.4) is 0 Å². The van der Waals surface area contributed by atoms with Crippen molar-refractivity contribution in [3.63, 3.8) is 0 Å². The van der Waals surface area contributed by atoms with Crippen molar-refractivity contribution < 1.29 is 24.6 Å². The van der Waals surface area contributed by atoms with Gasteiger partial charge in [-0.25, -0.2) is 4.79 Å². The molecule has 0 unspecified atom stereocenters. The maximum atomic E-state index is 12.2. The number of nitrogens with two attached hydrogens (primary N) is 1. The first-order valence-corrected chi connectivity index (χ1v) is 9.94. The van der Waals surface area contributed by atoms with Gasteiger partial charge in [0.05, 0.1) is 0 Å². The van der Waals surface area contributed by atoms with Crippen molar-refractivity contribution in [3.05, 3.63) is 29.8 Å². The van der Waals surface area contributed by atoms with Crippen molar-refractivity contribution in [2.75, 3.05) is 19.6 Å². The van der Waals surface area contributed by atoms with E-state index in [1.165, 1.54) is 0 Å². The maximum Gasteiger partial charge on any atom is 0.326 e. The summed E-state index contributed by atoms with van der Waals surface area (Å²) in [4.78, 5) is 36.4. The third kappa shape index (κ3) is 6.19. The van der Waals surface area contributed by atoms with Crippen molar-refractivity contribution in [2.24, 2.45) is 11.7 Å². The number of nitrogens with one attached hydrogen (secondary N) is 1. The summed E-state index contributed by atoms with van der Waals surface area (Å²) in [6.45, 7) is 6.53. The number of phenols is 1. The largest absolute Gasteiger partial charge is 0.508 e. The van der Waals surface area contributed by atoms with Gasteiger partial charge in [-0.1, -0.05) is 26.0 Å². The van der Waals surface area contributed by atoms with Gasteiger partial charge < -0.3 is 26.2 Å². The number of primary amides is 1. The van der Waals surface area contributed by atoms with Gasteiger partial charge in [-0.15, -0.1) is 0 Å². The van der Waals surface area contributed by atoms with E-state index in [9.17, 15) is 24.6 Å². The summed E-state index contributed by atoms with van der Waals surface area (Å²) < 4.78 is 0. The monoisotopic (exact) mass is 405 g/mol. The van der Waals surface area contributed by atoms with Crippen LogP contribution in [0.2, 0.25) is 0 Å². The van der Waals surface area contributed by atoms with Crippen LogP contribution in [-0.4, -0.2) is 58.6 Å². The SMILES string of the molecule is C[C@H]1CN(CCC(=O)N[C@@H](CCC(N)=O)C(=O)O)CC[C@@]1(C)c1cccc(O)c1. The molecule has 2 amide bonds. The van der Waals surface area contributed by atoms with Gasteiger partial charge in [-0.3, -0.25) is 9.59 Å². The summed E-state index contributed by atoms with van der Waals surface area (Å²) in [5.74, 6) is -1.53. The number of phenolic OH excluding ortho intramolecular Hbond substituents is 1. The number of hydrogen-bond donors (Lipinski definition) is 4. The Balaban J connectivity index is 1.86. The molecule has 1 aromatic rings. The van der Waals surface area contributed by atoms with Crippen LogP contribution in [0.4, 0.5) is 0 Å². The van der Waals surface area contributed by atoms with Gasteiger partial charge in [0.2, 0.25) is 11.8 Å². The van der Waals surface area contributed by atoms with Crippen molar-refractivity contribution in [2.45, 2.75) is 51.0 Å². The molecule has 8 nitrogen and oxygen atoms in total. The number of piperidine rings is 1. The number of likely N-dealkylation sites (tertiary alicyclic amines) is 1. The molecule has 29 heavy (non-hydrogen) atoms. The number of carbonyl (C=O) groups is 3. The highest BCUT2D eigenvalue weighted by Crippen LogP contribution is 2.40. The first-order valence-electron chi connectivity index (χ1n) is 9.94. The molecule has 0 radical (unpaired) electrons. The minimum atomic E-state index is -1.17. The van der Waals surface area contributed by atoms with Gasteiger partial charge in [0.15, 0.2) is 0 Å². The molecule has 5 N–H and O–H groups in total. The molecule has 1 aliphatic rings. The summed E-state index contributed by atoms with van der Waals surface area (Å²) in [5.41, 5.74) is 6.11. The molecule has 0 aliphatic carbocycles. The van der Waals surface area contributed by atoms with Gasteiger partial charge in [0.25, 0.3) is 0 Å². The van der Waals surface area contributed by atoms with Crippen molar-refractivity contribution in [1.82, 2.24) is 10.2 Å². The Kier molecular flexibility index (Phi) is 7.61. The maximum absolute atomic E-state index is 12.2. The molecule has 160 valence electrons. The molecule has 1 saturated heterocycles. The molecule has 1 aliphatic heterocycles. The van der Waals surface area contributed by atoms with Crippen LogP contribution in [0.5, 0.6) is 5.75 Å². The number of carboxylic acids is 1. The molecule has 0 spiro atoms. The Morgan fingerprint density at radius 2 is 2.07 bits per heavy atom. The van der Waals surface area contributed by atoms with E-state index in [1.807, 2.05) is 18.2 Å². The molecule has 8 heteroatoms. The molecule has 0 saturated carbocycles. The highest BCUT2D eigenvalue weighted by atomic mass is 16.4. The lowest BCUT2D eigenvalue weighted by molar-refractivity contribution is -0.142. The Morgan fingerprint density at radius 1 is 1.34 bits per heavy atom. The number of aliphatic carboxylic acids is 1. The smallest absolute Gasteiger partial charge is 0.326 e. The van der Waals surface area contributed by atoms with Gasteiger partial charge in [0.1, 0.15) is 11.8 Å². The third-order valence-corrected chi connectivity index (χ3v) is 6.04. The Labute approximate surface area is 171 Å². The van der Waals surface area contributed by atoms with Gasteiger partial charge in [-0.2, -0.15) is 0 Å². The normalized spacial score (nSPS) is 23.3. The van der Waals surface area contributed by atoms with Crippen LogP contribution in [0.25, 0.3) is 0 Å². The van der Waals surface area contributed by atoms with E-state index >= 15 is 0 Å². The molecule has 0 aromatic heterocycles. The fourth-order valence-electron chi connectivity index (χ4n) is 3.88. The molecule has 1 aromatic carbocycles. The van der Waals surface area contributed by atoms with Crippen LogP contribution in [0.15, 0.2) is 24.3 Å². The molecule has 2 rings (SSSR count). The first-order chi connectivity index (χ1) is 13.6. The minimum absolute atomic E-state index is 0.0145. The van der Waals surface area contributed by atoms with Gasteiger partial charge in [-0.05, 0) is 48.4 Å². The Hall–Kier alpha value is -2.61. The topological polar surface area (TPSA) is 133 Å². The van der Waals surface area contributed by atoms with E-state index in [0.29, 0.717) is 12.5 Å². The lowest BCUT2D eigenvalue weighted by atomic mass is 9.68. The number of carbonyl (C=O) groups excluding carboxylic acids is 2. The Bertz CT molecular complexity index is 754. The van der Waals surface area contributed by atoms with Crippen molar-refractivity contribution >= 4 is 17.8 Å². The van der Waals surface area contributed by atoms with E-state index in [1.54, 1.807) is 6.07 Å². The zero-order chi connectivity index (χ0) is 21.6. The second kappa shape index (κ2) is 9.73. The number of amides is 2. The summed E-state index contributed by atoms with van der Waals surface area (Å²) >= 11 is 0. The number of hydrogen-bond acceptors (Lipinski definition) is 5. The van der Waals surface area contributed by atoms with E-state index < -0.39 is 17.9 Å². The first kappa shape index (κ1) is 22.7. The quantitative estimate of drug-likeness (QED) is 0.488. The van der Waals surface area contributed by atoms with Gasteiger partial charge >= 0.3 is 5.97 Å². The highest BCUT2D eigenvalue weighted by Gasteiger charge is 2.38. The number of rotatable bonds is 9.